The van der Waals surface area contributed by atoms with Crippen molar-refractivity contribution in [1.29, 1.82) is 0 Å². The number of benzene rings is 1. The van der Waals surface area contributed by atoms with Gasteiger partial charge in [0.1, 0.15) is 0 Å². The van der Waals surface area contributed by atoms with Crippen molar-refractivity contribution in [2.45, 2.75) is 39.7 Å². The number of hydrogen-bond acceptors (Lipinski definition) is 3. The van der Waals surface area contributed by atoms with Gasteiger partial charge in [-0.2, -0.15) is 0 Å². The van der Waals surface area contributed by atoms with Gasteiger partial charge in [-0.3, -0.25) is 4.79 Å². The fraction of sp³-hybridized carbons (Fsp3) is 0.533. The molecule has 1 aromatic carbocycles. The fourth-order valence-corrected chi connectivity index (χ4v) is 1.55. The Kier molecular flexibility index (Phi) is 5.21. The van der Waals surface area contributed by atoms with Crippen LogP contribution in [0.25, 0.3) is 0 Å². The van der Waals surface area contributed by atoms with E-state index >= 15 is 0 Å². The molecule has 0 aromatic heterocycles. The Bertz CT molecular complexity index is 441. The Hall–Kier alpha value is -1.71. The number of amides is 1. The maximum absolute atomic E-state index is 12.2. The Morgan fingerprint density at radius 3 is 2.47 bits per heavy atom. The maximum Gasteiger partial charge on any atom is 0.251 e. The molecule has 0 aliphatic carbocycles. The molecule has 0 saturated carbocycles. The fourth-order valence-electron chi connectivity index (χ4n) is 1.55. The lowest BCUT2D eigenvalue weighted by atomic mass is 10.0. The van der Waals surface area contributed by atoms with E-state index in [4.69, 9.17) is 9.47 Å². The first-order valence-corrected chi connectivity index (χ1v) is 6.57. The zero-order valence-corrected chi connectivity index (χ0v) is 12.4. The van der Waals surface area contributed by atoms with Crippen LogP contribution in [0.15, 0.2) is 18.2 Å². The molecule has 0 aliphatic heterocycles. The van der Waals surface area contributed by atoms with Crippen LogP contribution in [0.3, 0.4) is 0 Å². The van der Waals surface area contributed by atoms with E-state index in [1.165, 1.54) is 0 Å². The number of hydrogen-bond donors (Lipinski definition) is 1. The summed E-state index contributed by atoms with van der Waals surface area (Å²) in [6, 6.07) is 5.20. The third-order valence-electron chi connectivity index (χ3n) is 3.06. The van der Waals surface area contributed by atoms with Crippen molar-refractivity contribution in [2.24, 2.45) is 0 Å². The molecular formula is C15H23NO3. The molecule has 106 valence electrons. The lowest BCUT2D eigenvalue weighted by Gasteiger charge is -2.24. The van der Waals surface area contributed by atoms with E-state index in [1.807, 2.05) is 27.7 Å². The number of carbonyl (C=O) groups is 1. The highest BCUT2D eigenvalue weighted by Gasteiger charge is 2.19. The molecule has 0 fully saturated rings. The zero-order chi connectivity index (χ0) is 14.5. The van der Waals surface area contributed by atoms with E-state index in [0.29, 0.717) is 23.7 Å². The van der Waals surface area contributed by atoms with Crippen LogP contribution in [0, 0.1) is 0 Å². The molecule has 1 amide bonds. The van der Waals surface area contributed by atoms with Gasteiger partial charge in [-0.15, -0.1) is 0 Å². The molecule has 0 heterocycles. The van der Waals surface area contributed by atoms with Gasteiger partial charge in [0, 0.05) is 11.1 Å². The third kappa shape index (κ3) is 4.16. The molecular weight excluding hydrogens is 242 g/mol. The Morgan fingerprint density at radius 1 is 1.26 bits per heavy atom. The maximum atomic E-state index is 12.2. The minimum atomic E-state index is -0.219. The molecule has 0 aliphatic rings. The van der Waals surface area contributed by atoms with Crippen LogP contribution in [-0.2, 0) is 0 Å². The van der Waals surface area contributed by atoms with E-state index in [9.17, 15) is 4.79 Å². The van der Waals surface area contributed by atoms with Crippen LogP contribution in [0.5, 0.6) is 11.5 Å². The van der Waals surface area contributed by atoms with Crippen molar-refractivity contribution in [3.8, 4) is 11.5 Å². The van der Waals surface area contributed by atoms with Crippen molar-refractivity contribution in [3.05, 3.63) is 23.8 Å². The van der Waals surface area contributed by atoms with Crippen molar-refractivity contribution < 1.29 is 14.3 Å². The highest BCUT2D eigenvalue weighted by Crippen LogP contribution is 2.28. The zero-order valence-electron chi connectivity index (χ0n) is 12.4. The summed E-state index contributed by atoms with van der Waals surface area (Å²) in [7, 11) is 1.58. The van der Waals surface area contributed by atoms with Crippen LogP contribution in [0.2, 0.25) is 0 Å². The molecule has 1 aromatic rings. The Morgan fingerprint density at radius 2 is 1.95 bits per heavy atom. The van der Waals surface area contributed by atoms with Crippen molar-refractivity contribution in [3.63, 3.8) is 0 Å². The van der Waals surface area contributed by atoms with E-state index in [0.717, 1.165) is 6.42 Å². The van der Waals surface area contributed by atoms with E-state index in [1.54, 1.807) is 25.3 Å². The normalized spacial score (nSPS) is 11.0. The lowest BCUT2D eigenvalue weighted by molar-refractivity contribution is 0.0910. The number of ether oxygens (including phenoxy) is 2. The molecule has 1 rings (SSSR count). The summed E-state index contributed by atoms with van der Waals surface area (Å²) < 4.78 is 10.7. The second-order valence-corrected chi connectivity index (χ2v) is 4.99. The van der Waals surface area contributed by atoms with Gasteiger partial charge in [-0.25, -0.2) is 0 Å². The number of nitrogens with one attached hydrogen (secondary N) is 1. The molecule has 0 atom stereocenters. The van der Waals surface area contributed by atoms with Gasteiger partial charge in [0.05, 0.1) is 13.7 Å². The molecule has 0 spiro atoms. The highest BCUT2D eigenvalue weighted by molar-refractivity contribution is 5.95. The van der Waals surface area contributed by atoms with Gasteiger partial charge in [-0.1, -0.05) is 6.92 Å². The van der Waals surface area contributed by atoms with Crippen molar-refractivity contribution >= 4 is 5.91 Å². The summed E-state index contributed by atoms with van der Waals surface area (Å²) >= 11 is 0. The topological polar surface area (TPSA) is 47.6 Å². The average molecular weight is 265 g/mol. The van der Waals surface area contributed by atoms with Gasteiger partial charge in [0.2, 0.25) is 0 Å². The summed E-state index contributed by atoms with van der Waals surface area (Å²) in [5.41, 5.74) is 0.355. The lowest BCUT2D eigenvalue weighted by Crippen LogP contribution is -2.42. The third-order valence-corrected chi connectivity index (χ3v) is 3.06. The van der Waals surface area contributed by atoms with Gasteiger partial charge in [0.15, 0.2) is 11.5 Å². The summed E-state index contributed by atoms with van der Waals surface area (Å²) in [6.07, 6.45) is 0.868. The molecule has 19 heavy (non-hydrogen) atoms. The smallest absolute Gasteiger partial charge is 0.251 e. The van der Waals surface area contributed by atoms with Crippen molar-refractivity contribution in [2.75, 3.05) is 13.7 Å². The van der Waals surface area contributed by atoms with Gasteiger partial charge in [-0.05, 0) is 45.4 Å². The first-order chi connectivity index (χ1) is 8.93. The number of methoxy groups -OCH3 is 1. The van der Waals surface area contributed by atoms with Gasteiger partial charge < -0.3 is 14.8 Å². The highest BCUT2D eigenvalue weighted by atomic mass is 16.5. The molecule has 0 saturated heterocycles. The van der Waals surface area contributed by atoms with Crippen LogP contribution in [-0.4, -0.2) is 25.2 Å². The summed E-state index contributed by atoms with van der Waals surface area (Å²) in [6.45, 7) is 8.46. The van der Waals surface area contributed by atoms with E-state index < -0.39 is 0 Å². The second kappa shape index (κ2) is 6.45. The first-order valence-electron chi connectivity index (χ1n) is 6.57. The minimum Gasteiger partial charge on any atom is -0.493 e. The second-order valence-electron chi connectivity index (χ2n) is 4.99. The number of rotatable bonds is 6. The monoisotopic (exact) mass is 265 g/mol. The molecule has 0 bridgehead atoms. The predicted molar refractivity (Wildman–Crippen MR) is 76.0 cm³/mol. The molecule has 4 nitrogen and oxygen atoms in total. The molecule has 4 heteroatoms. The molecule has 0 unspecified atom stereocenters. The van der Waals surface area contributed by atoms with Crippen LogP contribution in [0.1, 0.15) is 44.5 Å². The molecule has 0 radical (unpaired) electrons. The predicted octanol–water partition coefficient (Wildman–Crippen LogP) is 3.01. The summed E-state index contributed by atoms with van der Waals surface area (Å²) in [5, 5.41) is 2.99. The Balaban J connectivity index is 2.95. The molecule has 1 N–H and O–H groups in total. The van der Waals surface area contributed by atoms with Crippen molar-refractivity contribution in [1.82, 2.24) is 5.32 Å². The quantitative estimate of drug-likeness (QED) is 0.860. The van der Waals surface area contributed by atoms with E-state index in [-0.39, 0.29) is 11.4 Å². The minimum absolute atomic E-state index is 0.101. The van der Waals surface area contributed by atoms with Crippen LogP contribution >= 0.6 is 0 Å². The number of carbonyl (C=O) groups excluding carboxylic acids is 1. The SMILES string of the molecule is CCOc1cc(C(=O)NC(C)(C)CC)ccc1OC. The van der Waals surface area contributed by atoms with Gasteiger partial charge in [0.25, 0.3) is 5.91 Å². The van der Waals surface area contributed by atoms with Crippen LogP contribution in [0.4, 0.5) is 0 Å². The van der Waals surface area contributed by atoms with Crippen LogP contribution < -0.4 is 14.8 Å². The summed E-state index contributed by atoms with van der Waals surface area (Å²) in [5.74, 6) is 1.12. The Labute approximate surface area is 115 Å². The average Bonchev–Trinajstić information content (AvgIpc) is 2.38. The summed E-state index contributed by atoms with van der Waals surface area (Å²) in [4.78, 5) is 12.2. The first kappa shape index (κ1) is 15.3. The van der Waals surface area contributed by atoms with E-state index in [2.05, 4.69) is 5.32 Å². The van der Waals surface area contributed by atoms with Gasteiger partial charge >= 0.3 is 0 Å². The largest absolute Gasteiger partial charge is 0.493 e. The standard InChI is InChI=1S/C15H23NO3/c1-6-15(3,4)16-14(17)11-8-9-12(18-5)13(10-11)19-7-2/h8-10H,6-7H2,1-5H3,(H,16,17).